The predicted molar refractivity (Wildman–Crippen MR) is 124 cm³/mol. The zero-order chi connectivity index (χ0) is 21.6. The summed E-state index contributed by atoms with van der Waals surface area (Å²) in [5.74, 6) is -0.367. The first-order valence-electron chi connectivity index (χ1n) is 10.4. The number of hydrogen-bond acceptors (Lipinski definition) is 4. The summed E-state index contributed by atoms with van der Waals surface area (Å²) >= 11 is 1.71. The highest BCUT2D eigenvalue weighted by Gasteiger charge is 2.32. The lowest BCUT2D eigenvalue weighted by Gasteiger charge is -2.23. The second kappa shape index (κ2) is 9.71. The maximum atomic E-state index is 13.2. The summed E-state index contributed by atoms with van der Waals surface area (Å²) in [6.45, 7) is 5.64. The first kappa shape index (κ1) is 21.0. The number of hydrogen-bond donors (Lipinski definition) is 0. The number of nitrogens with zero attached hydrogens (tertiary/aromatic N) is 3. The fourth-order valence-corrected chi connectivity index (χ4v) is 4.64. The summed E-state index contributed by atoms with van der Waals surface area (Å²) in [6.07, 6.45) is 3.94. The van der Waals surface area contributed by atoms with Crippen molar-refractivity contribution >= 4 is 23.2 Å². The number of rotatable bonds is 6. The Labute approximate surface area is 186 Å². The Morgan fingerprint density at radius 2 is 1.97 bits per heavy atom. The van der Waals surface area contributed by atoms with Gasteiger partial charge in [-0.25, -0.2) is 0 Å². The van der Waals surface area contributed by atoms with Crippen molar-refractivity contribution in [2.24, 2.45) is 5.92 Å². The Balaban J connectivity index is 1.54. The number of benzene rings is 1. The summed E-state index contributed by atoms with van der Waals surface area (Å²) in [5, 5.41) is 2.06. The Kier molecular flexibility index (Phi) is 6.57. The van der Waals surface area contributed by atoms with E-state index in [0.29, 0.717) is 38.3 Å². The van der Waals surface area contributed by atoms with E-state index < -0.39 is 0 Å². The van der Waals surface area contributed by atoms with Crippen LogP contribution in [0.5, 0.6) is 0 Å². The average Bonchev–Trinajstić information content (AvgIpc) is 3.30. The van der Waals surface area contributed by atoms with E-state index in [0.717, 1.165) is 5.56 Å². The molecule has 6 heteroatoms. The number of pyridine rings is 1. The molecular formula is C25H25N3O2S. The largest absolute Gasteiger partial charge is 0.337 e. The second-order valence-corrected chi connectivity index (χ2v) is 8.56. The van der Waals surface area contributed by atoms with E-state index in [2.05, 4.69) is 47.3 Å². The van der Waals surface area contributed by atoms with Crippen LogP contribution in [0.3, 0.4) is 0 Å². The summed E-state index contributed by atoms with van der Waals surface area (Å²) in [5.41, 5.74) is 2.67. The Bertz CT molecular complexity index is 1030. The summed E-state index contributed by atoms with van der Waals surface area (Å²) in [7, 11) is 0. The van der Waals surface area contributed by atoms with Gasteiger partial charge in [-0.15, -0.1) is 17.9 Å². The molecule has 0 aliphatic carbocycles. The Hall–Kier alpha value is -3.25. The third kappa shape index (κ3) is 4.91. The van der Waals surface area contributed by atoms with Crippen LogP contribution in [0.25, 0.3) is 10.4 Å². The van der Waals surface area contributed by atoms with Crippen molar-refractivity contribution in [1.29, 1.82) is 0 Å². The maximum Gasteiger partial charge on any atom is 0.272 e. The zero-order valence-electron chi connectivity index (χ0n) is 17.3. The third-order valence-electron chi connectivity index (χ3n) is 5.50. The van der Waals surface area contributed by atoms with Gasteiger partial charge in [-0.2, -0.15) is 0 Å². The molecule has 0 spiro atoms. The SMILES string of the molecule is C=CCN1CCN(C(=O)c2ccccn2)C[C@H](Cc2ccc(-c3cccs3)cc2)C1=O. The smallest absolute Gasteiger partial charge is 0.272 e. The van der Waals surface area contributed by atoms with Crippen molar-refractivity contribution in [2.75, 3.05) is 26.2 Å². The van der Waals surface area contributed by atoms with Gasteiger partial charge in [-0.3, -0.25) is 14.6 Å². The maximum absolute atomic E-state index is 13.2. The van der Waals surface area contributed by atoms with Crippen molar-refractivity contribution in [2.45, 2.75) is 6.42 Å². The van der Waals surface area contributed by atoms with Crippen molar-refractivity contribution < 1.29 is 9.59 Å². The molecule has 1 aliphatic rings. The van der Waals surface area contributed by atoms with Gasteiger partial charge in [0.1, 0.15) is 5.69 Å². The standard InChI is InChI=1S/C25H25N3O2S/c1-2-13-27-14-15-28(25(30)22-6-3-4-12-26-22)18-21(24(27)29)17-19-8-10-20(11-9-19)23-7-5-16-31-23/h2-12,16,21H,1,13-15,17-18H2/t21-/m0/s1. The minimum Gasteiger partial charge on any atom is -0.337 e. The van der Waals surface area contributed by atoms with E-state index in [9.17, 15) is 9.59 Å². The molecule has 1 aromatic carbocycles. The van der Waals surface area contributed by atoms with E-state index >= 15 is 0 Å². The lowest BCUT2D eigenvalue weighted by atomic mass is 9.96. The summed E-state index contributed by atoms with van der Waals surface area (Å²) < 4.78 is 0. The number of carbonyl (C=O) groups is 2. The molecule has 158 valence electrons. The molecule has 0 radical (unpaired) electrons. The molecule has 2 aromatic heterocycles. The van der Waals surface area contributed by atoms with Crippen molar-refractivity contribution in [3.05, 3.63) is 90.1 Å². The molecule has 3 aromatic rings. The molecule has 0 bridgehead atoms. The highest BCUT2D eigenvalue weighted by atomic mass is 32.1. The monoisotopic (exact) mass is 431 g/mol. The van der Waals surface area contributed by atoms with Gasteiger partial charge in [0.2, 0.25) is 5.91 Å². The number of carbonyl (C=O) groups excluding carboxylic acids is 2. The summed E-state index contributed by atoms with van der Waals surface area (Å²) in [4.78, 5) is 35.2. The van der Waals surface area contributed by atoms with Crippen LogP contribution >= 0.6 is 11.3 Å². The van der Waals surface area contributed by atoms with Crippen LogP contribution in [0.2, 0.25) is 0 Å². The first-order valence-corrected chi connectivity index (χ1v) is 11.3. The molecule has 1 saturated heterocycles. The van der Waals surface area contributed by atoms with Crippen molar-refractivity contribution in [1.82, 2.24) is 14.8 Å². The molecule has 31 heavy (non-hydrogen) atoms. The highest BCUT2D eigenvalue weighted by Crippen LogP contribution is 2.26. The lowest BCUT2D eigenvalue weighted by Crippen LogP contribution is -2.38. The van der Waals surface area contributed by atoms with E-state index in [-0.39, 0.29) is 17.7 Å². The molecule has 0 saturated carbocycles. The van der Waals surface area contributed by atoms with Gasteiger partial charge in [0.05, 0.1) is 5.92 Å². The average molecular weight is 432 g/mol. The van der Waals surface area contributed by atoms with Gasteiger partial charge < -0.3 is 9.80 Å². The van der Waals surface area contributed by atoms with Crippen molar-refractivity contribution in [3.63, 3.8) is 0 Å². The van der Waals surface area contributed by atoms with Crippen molar-refractivity contribution in [3.8, 4) is 10.4 Å². The molecule has 1 atom stereocenters. The van der Waals surface area contributed by atoms with Crippen LogP contribution in [-0.4, -0.2) is 52.8 Å². The zero-order valence-corrected chi connectivity index (χ0v) is 18.1. The van der Waals surface area contributed by atoms with Crippen LogP contribution < -0.4 is 0 Å². The Morgan fingerprint density at radius 3 is 2.65 bits per heavy atom. The van der Waals surface area contributed by atoms with Crippen LogP contribution in [0.15, 0.2) is 78.8 Å². The fraction of sp³-hybridized carbons (Fsp3) is 0.240. The molecule has 5 nitrogen and oxygen atoms in total. The predicted octanol–water partition coefficient (Wildman–Crippen LogP) is 4.14. The normalized spacial score (nSPS) is 16.8. The van der Waals surface area contributed by atoms with Gasteiger partial charge in [0.25, 0.3) is 5.91 Å². The van der Waals surface area contributed by atoms with Crippen LogP contribution in [-0.2, 0) is 11.2 Å². The number of amides is 2. The van der Waals surface area contributed by atoms with Crippen LogP contribution in [0.4, 0.5) is 0 Å². The highest BCUT2D eigenvalue weighted by molar-refractivity contribution is 7.13. The van der Waals surface area contributed by atoms with Crippen LogP contribution in [0, 0.1) is 5.92 Å². The molecular weight excluding hydrogens is 406 g/mol. The lowest BCUT2D eigenvalue weighted by molar-refractivity contribution is -0.134. The number of thiophene rings is 1. The fourth-order valence-electron chi connectivity index (χ4n) is 3.90. The second-order valence-electron chi connectivity index (χ2n) is 7.61. The van der Waals surface area contributed by atoms with E-state index in [1.54, 1.807) is 51.6 Å². The van der Waals surface area contributed by atoms with E-state index in [1.807, 2.05) is 6.07 Å². The quantitative estimate of drug-likeness (QED) is 0.551. The topological polar surface area (TPSA) is 53.5 Å². The number of aromatic nitrogens is 1. The minimum absolute atomic E-state index is 0.0681. The molecule has 0 unspecified atom stereocenters. The first-order chi connectivity index (χ1) is 15.2. The molecule has 4 rings (SSSR count). The van der Waals surface area contributed by atoms with Gasteiger partial charge in [0, 0.05) is 37.3 Å². The molecule has 1 aliphatic heterocycles. The van der Waals surface area contributed by atoms with Gasteiger partial charge >= 0.3 is 0 Å². The summed E-state index contributed by atoms with van der Waals surface area (Å²) in [6, 6.07) is 17.8. The van der Waals surface area contributed by atoms with E-state index in [1.165, 1.54) is 10.4 Å². The molecule has 2 amide bonds. The molecule has 3 heterocycles. The van der Waals surface area contributed by atoms with E-state index in [4.69, 9.17) is 0 Å². The Morgan fingerprint density at radius 1 is 1.13 bits per heavy atom. The molecule has 1 fully saturated rings. The van der Waals surface area contributed by atoms with Crippen LogP contribution in [0.1, 0.15) is 16.1 Å². The van der Waals surface area contributed by atoms with Gasteiger partial charge in [-0.1, -0.05) is 42.5 Å². The minimum atomic E-state index is -0.303. The van der Waals surface area contributed by atoms with Gasteiger partial charge in [-0.05, 0) is 41.1 Å². The third-order valence-corrected chi connectivity index (χ3v) is 6.42. The molecule has 0 N–H and O–H groups in total. The van der Waals surface area contributed by atoms with Gasteiger partial charge in [0.15, 0.2) is 0 Å².